The van der Waals surface area contributed by atoms with Crippen LogP contribution >= 0.6 is 0 Å². The van der Waals surface area contributed by atoms with Gasteiger partial charge in [0.2, 0.25) is 11.8 Å². The zero-order chi connectivity index (χ0) is 41.1. The van der Waals surface area contributed by atoms with Gasteiger partial charge >= 0.3 is 6.03 Å². The molecule has 5 amide bonds. The lowest BCUT2D eigenvalue weighted by Crippen LogP contribution is -2.49. The molecular formula is C43H45F2N9O5. The molecule has 1 N–H and O–H groups in total. The standard InChI is InChI=1S/C43H45F2N9O5/c1-25(55)51-17-11-35-33(24-51)41(52-14-4-5-26-19-29(30(40(44)45)21-36(26)52)32-23-49(2)34-8-13-46-22-31(32)34)48-54(35)28-9-15-50(16-10-28)42(57)27-6-7-38(59-3)37(20-27)53-18-12-39(56)47-43(53)58/h6-8,13,19-23,28,40H,4-5,9-12,14-18,24H2,1-3H3,(H,47,56,58). The third-order valence-corrected chi connectivity index (χ3v) is 12.3. The van der Waals surface area contributed by atoms with Crippen molar-refractivity contribution in [3.05, 3.63) is 82.9 Å². The van der Waals surface area contributed by atoms with Gasteiger partial charge in [0.25, 0.3) is 12.3 Å². The van der Waals surface area contributed by atoms with Gasteiger partial charge in [-0.15, -0.1) is 0 Å². The number of aryl methyl sites for hydroxylation is 2. The van der Waals surface area contributed by atoms with Crippen LogP contribution in [0.2, 0.25) is 0 Å². The van der Waals surface area contributed by atoms with Gasteiger partial charge in [0.05, 0.1) is 30.9 Å². The van der Waals surface area contributed by atoms with E-state index in [9.17, 15) is 19.2 Å². The highest BCUT2D eigenvalue weighted by atomic mass is 19.3. The van der Waals surface area contributed by atoms with Crippen LogP contribution in [0.4, 0.5) is 30.8 Å². The van der Waals surface area contributed by atoms with Crippen LogP contribution in [0.5, 0.6) is 5.75 Å². The second kappa shape index (κ2) is 15.1. The number of methoxy groups -OCH3 is 1. The van der Waals surface area contributed by atoms with E-state index in [1.54, 1.807) is 53.4 Å². The molecule has 4 aliphatic rings. The van der Waals surface area contributed by atoms with Crippen molar-refractivity contribution in [2.24, 2.45) is 7.05 Å². The second-order valence-electron chi connectivity index (χ2n) is 15.7. The summed E-state index contributed by atoms with van der Waals surface area (Å²) in [5.74, 6) is 0.526. The molecule has 7 heterocycles. The van der Waals surface area contributed by atoms with Crippen LogP contribution in [0, 0.1) is 0 Å². The number of ether oxygens (including phenoxy) is 1. The Morgan fingerprint density at radius 3 is 2.47 bits per heavy atom. The lowest BCUT2D eigenvalue weighted by molar-refractivity contribution is -0.129. The molecule has 3 aromatic heterocycles. The van der Waals surface area contributed by atoms with Crippen molar-refractivity contribution >= 4 is 51.8 Å². The number of carbonyl (C=O) groups is 4. The van der Waals surface area contributed by atoms with E-state index in [2.05, 4.69) is 19.9 Å². The molecule has 16 heteroatoms. The lowest BCUT2D eigenvalue weighted by atomic mass is 9.91. The Morgan fingerprint density at radius 1 is 0.915 bits per heavy atom. The normalized spacial score (nSPS) is 17.4. The third kappa shape index (κ3) is 6.73. The maximum Gasteiger partial charge on any atom is 0.328 e. The summed E-state index contributed by atoms with van der Waals surface area (Å²) in [7, 11) is 3.39. The van der Waals surface area contributed by atoms with E-state index in [1.807, 2.05) is 29.9 Å². The first-order valence-corrected chi connectivity index (χ1v) is 20.1. The summed E-state index contributed by atoms with van der Waals surface area (Å²) in [4.78, 5) is 62.4. The first-order chi connectivity index (χ1) is 28.5. The first kappa shape index (κ1) is 38.2. The molecule has 0 unspecified atom stereocenters. The number of nitrogens with one attached hydrogen (secondary N) is 1. The smallest absolute Gasteiger partial charge is 0.328 e. The van der Waals surface area contributed by atoms with E-state index in [1.165, 1.54) is 12.0 Å². The number of carbonyl (C=O) groups excluding carboxylic acids is 4. The molecule has 59 heavy (non-hydrogen) atoms. The lowest BCUT2D eigenvalue weighted by Gasteiger charge is -2.34. The van der Waals surface area contributed by atoms with Crippen molar-refractivity contribution in [3.63, 3.8) is 0 Å². The zero-order valence-corrected chi connectivity index (χ0v) is 33.2. The summed E-state index contributed by atoms with van der Waals surface area (Å²) >= 11 is 0. The number of piperidine rings is 1. The summed E-state index contributed by atoms with van der Waals surface area (Å²) in [5.41, 5.74) is 6.50. The third-order valence-electron chi connectivity index (χ3n) is 12.3. The summed E-state index contributed by atoms with van der Waals surface area (Å²) in [6.07, 6.45) is 6.10. The molecule has 0 aliphatic carbocycles. The minimum absolute atomic E-state index is 0.0327. The monoisotopic (exact) mass is 805 g/mol. The number of urea groups is 1. The SMILES string of the molecule is COc1ccc(C(=O)N2CCC(n3nc(N4CCCc5cc(-c6cn(C)c7ccncc67)c(C(F)F)cc54)c4c3CCN(C(C)=O)C4)CC2)cc1N1CCC(=O)NC1=O. The minimum atomic E-state index is -2.72. The van der Waals surface area contributed by atoms with Crippen LogP contribution in [0.25, 0.3) is 22.0 Å². The maximum atomic E-state index is 15.1. The molecule has 4 aliphatic heterocycles. The van der Waals surface area contributed by atoms with Gasteiger partial charge in [0, 0.05) is 117 Å². The van der Waals surface area contributed by atoms with E-state index < -0.39 is 12.5 Å². The van der Waals surface area contributed by atoms with Gasteiger partial charge in [-0.2, -0.15) is 5.10 Å². The van der Waals surface area contributed by atoms with E-state index in [-0.39, 0.29) is 42.3 Å². The van der Waals surface area contributed by atoms with E-state index in [0.717, 1.165) is 40.6 Å². The highest BCUT2D eigenvalue weighted by molar-refractivity contribution is 6.07. The molecule has 0 radical (unpaired) electrons. The van der Waals surface area contributed by atoms with Gasteiger partial charge in [-0.1, -0.05) is 0 Å². The van der Waals surface area contributed by atoms with Crippen molar-refractivity contribution in [2.45, 2.75) is 64.5 Å². The van der Waals surface area contributed by atoms with E-state index >= 15 is 8.78 Å². The predicted molar refractivity (Wildman–Crippen MR) is 216 cm³/mol. The van der Waals surface area contributed by atoms with Gasteiger partial charge in [-0.25, -0.2) is 13.6 Å². The molecule has 2 fully saturated rings. The average Bonchev–Trinajstić information content (AvgIpc) is 3.79. The Kier molecular flexibility index (Phi) is 9.80. The maximum absolute atomic E-state index is 15.1. The van der Waals surface area contributed by atoms with Crippen molar-refractivity contribution in [1.82, 2.24) is 34.4 Å². The molecule has 0 saturated carbocycles. The number of likely N-dealkylation sites (tertiary alicyclic amines) is 1. The molecule has 2 aromatic carbocycles. The van der Waals surface area contributed by atoms with Crippen molar-refractivity contribution in [3.8, 4) is 16.9 Å². The quantitative estimate of drug-likeness (QED) is 0.203. The van der Waals surface area contributed by atoms with Gasteiger partial charge in [0.1, 0.15) is 5.75 Å². The fourth-order valence-electron chi connectivity index (χ4n) is 9.27. The predicted octanol–water partition coefficient (Wildman–Crippen LogP) is 6.30. The molecular weight excluding hydrogens is 761 g/mol. The molecule has 0 spiro atoms. The number of hydrogen-bond acceptors (Lipinski definition) is 8. The molecule has 306 valence electrons. The van der Waals surface area contributed by atoms with Crippen LogP contribution in [0.15, 0.2) is 55.0 Å². The van der Waals surface area contributed by atoms with Crippen molar-refractivity contribution < 1.29 is 32.7 Å². The topological polar surface area (TPSA) is 138 Å². The largest absolute Gasteiger partial charge is 0.495 e. The van der Waals surface area contributed by atoms with Crippen LogP contribution in [0.1, 0.15) is 77.8 Å². The number of rotatable bonds is 7. The summed E-state index contributed by atoms with van der Waals surface area (Å²) in [6, 6.07) is 9.80. The fraction of sp³-hybridized carbons (Fsp3) is 0.395. The Balaban J connectivity index is 1.01. The number of halogens is 2. The molecule has 0 bridgehead atoms. The van der Waals surface area contributed by atoms with Crippen LogP contribution < -0.4 is 19.9 Å². The van der Waals surface area contributed by atoms with Gasteiger partial charge in [-0.3, -0.25) is 34.3 Å². The van der Waals surface area contributed by atoms with Crippen molar-refractivity contribution in [1.29, 1.82) is 0 Å². The number of hydrogen-bond donors (Lipinski definition) is 1. The number of anilines is 3. The molecule has 5 aromatic rings. The van der Waals surface area contributed by atoms with E-state index in [4.69, 9.17) is 9.84 Å². The van der Waals surface area contributed by atoms with E-state index in [0.29, 0.717) is 91.6 Å². The number of fused-ring (bicyclic) bond motifs is 3. The number of amides is 5. The van der Waals surface area contributed by atoms with Crippen LogP contribution in [-0.4, -0.2) is 92.7 Å². The molecule has 14 nitrogen and oxygen atoms in total. The molecule has 0 atom stereocenters. The van der Waals surface area contributed by atoms with Gasteiger partial charge < -0.3 is 24.0 Å². The average molecular weight is 806 g/mol. The summed E-state index contributed by atoms with van der Waals surface area (Å²) in [6.45, 7) is 4.16. The molecule has 9 rings (SSSR count). The minimum Gasteiger partial charge on any atom is -0.495 e. The summed E-state index contributed by atoms with van der Waals surface area (Å²) in [5, 5.41) is 8.41. The first-order valence-electron chi connectivity index (χ1n) is 20.1. The van der Waals surface area contributed by atoms with Crippen molar-refractivity contribution in [2.75, 3.05) is 49.6 Å². The Hall–Kier alpha value is -6.32. The van der Waals surface area contributed by atoms with Crippen LogP contribution in [-0.2, 0) is 36.0 Å². The number of alkyl halides is 2. The number of nitrogens with zero attached hydrogens (tertiary/aromatic N) is 8. The Morgan fingerprint density at radius 2 is 1.73 bits per heavy atom. The fourth-order valence-corrected chi connectivity index (χ4v) is 9.27. The zero-order valence-electron chi connectivity index (χ0n) is 33.2. The number of imide groups is 1. The highest BCUT2D eigenvalue weighted by Gasteiger charge is 2.36. The highest BCUT2D eigenvalue weighted by Crippen LogP contribution is 2.45. The Labute approximate surface area is 339 Å². The Bertz CT molecular complexity index is 2520. The van der Waals surface area contributed by atoms with Gasteiger partial charge in [0.15, 0.2) is 5.82 Å². The summed E-state index contributed by atoms with van der Waals surface area (Å²) < 4.78 is 39.7. The number of benzene rings is 2. The van der Waals surface area contributed by atoms with Crippen LogP contribution in [0.3, 0.4) is 0 Å². The molecule has 2 saturated heterocycles. The number of aromatic nitrogens is 4. The second-order valence-corrected chi connectivity index (χ2v) is 15.7. The van der Waals surface area contributed by atoms with Gasteiger partial charge in [-0.05, 0) is 73.2 Å². The number of pyridine rings is 1.